The van der Waals surface area contributed by atoms with Crippen molar-refractivity contribution in [3.8, 4) is 0 Å². The molecule has 1 N–H and O–H groups in total. The molecule has 2 saturated heterocycles. The van der Waals surface area contributed by atoms with Crippen LogP contribution < -0.4 is 5.32 Å². The molecule has 0 radical (unpaired) electrons. The highest BCUT2D eigenvalue weighted by Gasteiger charge is 2.37. The predicted molar refractivity (Wildman–Crippen MR) is 112 cm³/mol. The average molecular weight is 416 g/mol. The number of aromatic nitrogens is 2. The van der Waals surface area contributed by atoms with E-state index in [0.717, 1.165) is 77.1 Å². The maximum absolute atomic E-state index is 12.6. The first-order valence-corrected chi connectivity index (χ1v) is 11.3. The zero-order valence-corrected chi connectivity index (χ0v) is 17.9. The summed E-state index contributed by atoms with van der Waals surface area (Å²) in [6, 6.07) is 0.788. The van der Waals surface area contributed by atoms with Crippen molar-refractivity contribution in [2.24, 2.45) is 5.92 Å². The van der Waals surface area contributed by atoms with Crippen LogP contribution in [0.5, 0.6) is 0 Å². The van der Waals surface area contributed by atoms with Crippen LogP contribution in [0.25, 0.3) is 0 Å². The lowest BCUT2D eigenvalue weighted by molar-refractivity contribution is -0.135. The average Bonchev–Trinajstić information content (AvgIpc) is 3.63. The van der Waals surface area contributed by atoms with Crippen molar-refractivity contribution in [2.75, 3.05) is 39.4 Å². The van der Waals surface area contributed by atoms with Gasteiger partial charge in [-0.25, -0.2) is 4.98 Å². The minimum absolute atomic E-state index is 0.191. The summed E-state index contributed by atoms with van der Waals surface area (Å²) in [4.78, 5) is 37.9. The molecule has 2 amide bonds. The Labute approximate surface area is 178 Å². The van der Waals surface area contributed by atoms with Gasteiger partial charge >= 0.3 is 0 Å². The Balaban J connectivity index is 1.36. The molecule has 3 aliphatic rings. The number of hydrogen-bond donors (Lipinski definition) is 1. The van der Waals surface area contributed by atoms with Crippen LogP contribution in [0.3, 0.4) is 0 Å². The maximum Gasteiger partial charge on any atom is 0.271 e. The molecule has 2 aliphatic heterocycles. The molecule has 1 aromatic rings. The summed E-state index contributed by atoms with van der Waals surface area (Å²) in [5.74, 6) is 0.427. The van der Waals surface area contributed by atoms with Crippen LogP contribution in [0.4, 0.5) is 0 Å². The summed E-state index contributed by atoms with van der Waals surface area (Å²) in [7, 11) is 0. The molecule has 8 heteroatoms. The number of aryl methyl sites for hydroxylation is 1. The maximum atomic E-state index is 12.6. The van der Waals surface area contributed by atoms with Crippen molar-refractivity contribution in [3.63, 3.8) is 0 Å². The number of likely N-dealkylation sites (tertiary alicyclic amines) is 1. The molecular weight excluding hydrogens is 382 g/mol. The fraction of sp³-hybridized carbons (Fsp3) is 0.727. The van der Waals surface area contributed by atoms with Crippen LogP contribution in [0, 0.1) is 12.8 Å². The summed E-state index contributed by atoms with van der Waals surface area (Å²) in [6.45, 7) is 6.43. The monoisotopic (exact) mass is 415 g/mol. The fourth-order valence-corrected chi connectivity index (χ4v) is 4.59. The minimum Gasteiger partial charge on any atom is -0.381 e. The number of rotatable bonds is 7. The quantitative estimate of drug-likeness (QED) is 0.724. The Morgan fingerprint density at radius 2 is 1.93 bits per heavy atom. The number of nitrogens with one attached hydrogen (secondary N) is 1. The molecular formula is C22H33N5O3. The summed E-state index contributed by atoms with van der Waals surface area (Å²) in [6.07, 6.45) is 9.39. The van der Waals surface area contributed by atoms with Crippen molar-refractivity contribution in [1.29, 1.82) is 0 Å². The predicted octanol–water partition coefficient (Wildman–Crippen LogP) is 1.40. The molecule has 164 valence electrons. The minimum atomic E-state index is -0.191. The van der Waals surface area contributed by atoms with E-state index in [-0.39, 0.29) is 11.8 Å². The zero-order valence-electron chi connectivity index (χ0n) is 17.9. The lowest BCUT2D eigenvalue weighted by Gasteiger charge is -2.44. The third-order valence-corrected chi connectivity index (χ3v) is 6.43. The standard InChI is InChI=1S/C22H33N5O3/c1-16-13-25-20(14-24-16)21(28)23-8-10-27(18-6-11-30-12-7-18)19-3-2-9-26(15-19)22(29)17-4-5-17/h13-14,17-19H,2-12,15H2,1H3,(H,23,28). The third kappa shape index (κ3) is 5.35. The number of amides is 2. The molecule has 1 unspecified atom stereocenters. The molecule has 1 aromatic heterocycles. The summed E-state index contributed by atoms with van der Waals surface area (Å²) in [5, 5.41) is 2.99. The molecule has 1 atom stereocenters. The van der Waals surface area contributed by atoms with Gasteiger partial charge in [0.2, 0.25) is 5.91 Å². The number of ether oxygens (including phenoxy) is 1. The van der Waals surface area contributed by atoms with E-state index in [1.807, 2.05) is 6.92 Å². The zero-order chi connectivity index (χ0) is 20.9. The van der Waals surface area contributed by atoms with Gasteiger partial charge in [-0.1, -0.05) is 0 Å². The number of carbonyl (C=O) groups is 2. The van der Waals surface area contributed by atoms with Crippen molar-refractivity contribution < 1.29 is 14.3 Å². The van der Waals surface area contributed by atoms with E-state index >= 15 is 0 Å². The second kappa shape index (κ2) is 9.83. The molecule has 0 bridgehead atoms. The highest BCUT2D eigenvalue weighted by Crippen LogP contribution is 2.32. The van der Waals surface area contributed by atoms with Gasteiger partial charge in [-0.2, -0.15) is 0 Å². The van der Waals surface area contributed by atoms with Crippen molar-refractivity contribution in [3.05, 3.63) is 23.8 Å². The molecule has 1 aliphatic carbocycles. The van der Waals surface area contributed by atoms with Crippen molar-refractivity contribution >= 4 is 11.8 Å². The van der Waals surface area contributed by atoms with Crippen LogP contribution in [0.15, 0.2) is 12.4 Å². The SMILES string of the molecule is Cc1cnc(C(=O)NCCN(C2CCOCC2)C2CCCN(C(=O)C3CC3)C2)cn1. The van der Waals surface area contributed by atoms with Gasteiger partial charge in [0.1, 0.15) is 5.69 Å². The molecule has 1 saturated carbocycles. The lowest BCUT2D eigenvalue weighted by atomic mass is 9.98. The molecule has 0 aromatic carbocycles. The molecule has 3 fully saturated rings. The Hall–Kier alpha value is -2.06. The van der Waals surface area contributed by atoms with Gasteiger partial charge in [0.25, 0.3) is 5.91 Å². The van der Waals surface area contributed by atoms with Crippen LogP contribution in [0.2, 0.25) is 0 Å². The number of nitrogens with zero attached hydrogens (tertiary/aromatic N) is 4. The van der Waals surface area contributed by atoms with Crippen LogP contribution >= 0.6 is 0 Å². The van der Waals surface area contributed by atoms with Gasteiger partial charge in [0.15, 0.2) is 0 Å². The molecule has 4 rings (SSSR count). The first kappa shape index (κ1) is 21.2. The Bertz CT molecular complexity index is 731. The smallest absolute Gasteiger partial charge is 0.271 e. The van der Waals surface area contributed by atoms with E-state index in [2.05, 4.69) is 25.1 Å². The van der Waals surface area contributed by atoms with E-state index in [1.165, 1.54) is 6.20 Å². The van der Waals surface area contributed by atoms with Gasteiger partial charge in [0, 0.05) is 63.6 Å². The molecule has 30 heavy (non-hydrogen) atoms. The van der Waals surface area contributed by atoms with Crippen molar-refractivity contribution in [1.82, 2.24) is 25.1 Å². The first-order valence-electron chi connectivity index (χ1n) is 11.3. The first-order chi connectivity index (χ1) is 14.6. The third-order valence-electron chi connectivity index (χ3n) is 6.43. The van der Waals surface area contributed by atoms with Gasteiger partial charge in [0.05, 0.1) is 11.9 Å². The topological polar surface area (TPSA) is 87.7 Å². The Kier molecular flexibility index (Phi) is 6.94. The lowest BCUT2D eigenvalue weighted by Crippen LogP contribution is -2.55. The van der Waals surface area contributed by atoms with E-state index < -0.39 is 0 Å². The number of carbonyl (C=O) groups excluding carboxylic acids is 2. The normalized spacial score (nSPS) is 22.9. The van der Waals surface area contributed by atoms with E-state index in [9.17, 15) is 9.59 Å². The summed E-state index contributed by atoms with van der Waals surface area (Å²) >= 11 is 0. The van der Waals surface area contributed by atoms with E-state index in [1.54, 1.807) is 6.20 Å². The van der Waals surface area contributed by atoms with Gasteiger partial charge in [-0.3, -0.25) is 19.5 Å². The van der Waals surface area contributed by atoms with Gasteiger partial charge < -0.3 is 15.0 Å². The highest BCUT2D eigenvalue weighted by molar-refractivity contribution is 5.91. The number of piperidine rings is 1. The summed E-state index contributed by atoms with van der Waals surface area (Å²) in [5.41, 5.74) is 1.14. The Morgan fingerprint density at radius 1 is 1.13 bits per heavy atom. The second-order valence-corrected chi connectivity index (χ2v) is 8.73. The fourth-order valence-electron chi connectivity index (χ4n) is 4.59. The largest absolute Gasteiger partial charge is 0.381 e. The summed E-state index contributed by atoms with van der Waals surface area (Å²) < 4.78 is 5.57. The van der Waals surface area contributed by atoms with Crippen molar-refractivity contribution in [2.45, 2.75) is 57.5 Å². The Morgan fingerprint density at radius 3 is 2.63 bits per heavy atom. The van der Waals surface area contributed by atoms with Crippen LogP contribution in [-0.4, -0.2) is 83.1 Å². The molecule has 8 nitrogen and oxygen atoms in total. The van der Waals surface area contributed by atoms with E-state index in [0.29, 0.717) is 30.2 Å². The van der Waals surface area contributed by atoms with Gasteiger partial charge in [-0.15, -0.1) is 0 Å². The number of hydrogen-bond acceptors (Lipinski definition) is 6. The van der Waals surface area contributed by atoms with Crippen LogP contribution in [-0.2, 0) is 9.53 Å². The van der Waals surface area contributed by atoms with Gasteiger partial charge in [-0.05, 0) is 45.4 Å². The van der Waals surface area contributed by atoms with Crippen LogP contribution in [0.1, 0.15) is 54.7 Å². The molecule has 0 spiro atoms. The second-order valence-electron chi connectivity index (χ2n) is 8.73. The van der Waals surface area contributed by atoms with E-state index in [4.69, 9.17) is 4.74 Å². The highest BCUT2D eigenvalue weighted by atomic mass is 16.5. The molecule has 3 heterocycles.